The van der Waals surface area contributed by atoms with E-state index in [9.17, 15) is 0 Å². The maximum Gasteiger partial charge on any atom is 0.119 e. The van der Waals surface area contributed by atoms with Gasteiger partial charge in [0, 0.05) is 12.0 Å². The van der Waals surface area contributed by atoms with Crippen molar-refractivity contribution in [1.82, 2.24) is 0 Å². The van der Waals surface area contributed by atoms with Gasteiger partial charge in [-0.15, -0.1) is 0 Å². The van der Waals surface area contributed by atoms with Gasteiger partial charge in [0.05, 0.1) is 26.4 Å². The van der Waals surface area contributed by atoms with Crippen LogP contribution in [0.3, 0.4) is 0 Å². The second-order valence-corrected chi connectivity index (χ2v) is 5.95. The predicted octanol–water partition coefficient (Wildman–Crippen LogP) is 3.85. The number of rotatable bonds is 10. The van der Waals surface area contributed by atoms with Crippen molar-refractivity contribution in [2.45, 2.75) is 39.5 Å². The van der Waals surface area contributed by atoms with Crippen LogP contribution in [-0.4, -0.2) is 33.0 Å². The molecule has 0 aromatic heterocycles. The average Bonchev–Trinajstić information content (AvgIpc) is 2.49. The molecular formula is C18H28O3. The number of ether oxygens (including phenoxy) is 3. The molecule has 0 aliphatic carbocycles. The van der Waals surface area contributed by atoms with Crippen molar-refractivity contribution in [2.75, 3.05) is 33.0 Å². The van der Waals surface area contributed by atoms with Crippen LogP contribution >= 0.6 is 0 Å². The first kappa shape index (κ1) is 16.3. The highest BCUT2D eigenvalue weighted by Gasteiger charge is 2.36. The van der Waals surface area contributed by atoms with Crippen molar-refractivity contribution in [3.05, 3.63) is 29.8 Å². The molecule has 1 saturated heterocycles. The third-order valence-electron chi connectivity index (χ3n) is 4.26. The van der Waals surface area contributed by atoms with Crippen LogP contribution in [0.1, 0.15) is 38.7 Å². The maximum absolute atomic E-state index is 5.78. The fourth-order valence-corrected chi connectivity index (χ4v) is 2.39. The molecule has 1 aromatic rings. The Morgan fingerprint density at radius 2 is 1.76 bits per heavy atom. The Kier molecular flexibility index (Phi) is 6.52. The van der Waals surface area contributed by atoms with Crippen molar-refractivity contribution in [2.24, 2.45) is 5.41 Å². The molecule has 118 valence electrons. The van der Waals surface area contributed by atoms with Gasteiger partial charge >= 0.3 is 0 Å². The Morgan fingerprint density at radius 1 is 1.05 bits per heavy atom. The lowest BCUT2D eigenvalue weighted by molar-refractivity contribution is -0.150. The van der Waals surface area contributed by atoms with E-state index in [1.165, 1.54) is 5.56 Å². The van der Waals surface area contributed by atoms with Crippen LogP contribution < -0.4 is 4.74 Å². The third-order valence-corrected chi connectivity index (χ3v) is 4.26. The SMILES string of the molecule is CCc1ccc(OCCCCOCC2(CC)COC2)cc1. The summed E-state index contributed by atoms with van der Waals surface area (Å²) in [5, 5.41) is 0. The van der Waals surface area contributed by atoms with Gasteiger partial charge in [-0.05, 0) is 43.4 Å². The van der Waals surface area contributed by atoms with E-state index < -0.39 is 0 Å². The van der Waals surface area contributed by atoms with E-state index in [0.717, 1.165) is 64.5 Å². The molecule has 0 N–H and O–H groups in total. The first-order valence-corrected chi connectivity index (χ1v) is 8.15. The molecule has 3 nitrogen and oxygen atoms in total. The summed E-state index contributed by atoms with van der Waals surface area (Å²) in [5.41, 5.74) is 1.65. The van der Waals surface area contributed by atoms with E-state index in [0.29, 0.717) is 5.41 Å². The number of unbranched alkanes of at least 4 members (excludes halogenated alkanes) is 1. The summed E-state index contributed by atoms with van der Waals surface area (Å²) < 4.78 is 16.8. The Bertz CT molecular complexity index is 390. The normalized spacial score (nSPS) is 16.5. The standard InChI is InChI=1S/C18H28O3/c1-3-16-7-9-17(10-8-16)21-12-6-5-11-19-13-18(4-2)14-20-15-18/h7-10H,3-6,11-15H2,1-2H3. The molecule has 21 heavy (non-hydrogen) atoms. The van der Waals surface area contributed by atoms with Crippen LogP contribution in [0, 0.1) is 5.41 Å². The molecule has 1 fully saturated rings. The first-order valence-electron chi connectivity index (χ1n) is 8.15. The van der Waals surface area contributed by atoms with Gasteiger partial charge in [-0.3, -0.25) is 0 Å². The number of aryl methyl sites for hydroxylation is 1. The van der Waals surface area contributed by atoms with Gasteiger partial charge in [0.25, 0.3) is 0 Å². The predicted molar refractivity (Wildman–Crippen MR) is 84.9 cm³/mol. The monoisotopic (exact) mass is 292 g/mol. The van der Waals surface area contributed by atoms with E-state index in [2.05, 4.69) is 38.1 Å². The van der Waals surface area contributed by atoms with Crippen molar-refractivity contribution in [3.8, 4) is 5.75 Å². The van der Waals surface area contributed by atoms with E-state index in [1.807, 2.05) is 0 Å². The Morgan fingerprint density at radius 3 is 2.33 bits per heavy atom. The summed E-state index contributed by atoms with van der Waals surface area (Å²) in [7, 11) is 0. The highest BCUT2D eigenvalue weighted by Crippen LogP contribution is 2.31. The van der Waals surface area contributed by atoms with Gasteiger partial charge in [0.15, 0.2) is 0 Å². The number of hydrogen-bond acceptors (Lipinski definition) is 3. The molecule has 0 spiro atoms. The lowest BCUT2D eigenvalue weighted by atomic mass is 9.84. The molecule has 0 atom stereocenters. The topological polar surface area (TPSA) is 27.7 Å². The summed E-state index contributed by atoms with van der Waals surface area (Å²) in [6.45, 7) is 8.51. The zero-order valence-electron chi connectivity index (χ0n) is 13.4. The van der Waals surface area contributed by atoms with Crippen molar-refractivity contribution in [3.63, 3.8) is 0 Å². The molecule has 0 amide bonds. The molecule has 0 bridgehead atoms. The van der Waals surface area contributed by atoms with Crippen LogP contribution in [0.4, 0.5) is 0 Å². The lowest BCUT2D eigenvalue weighted by Crippen LogP contribution is -2.45. The smallest absolute Gasteiger partial charge is 0.119 e. The fraction of sp³-hybridized carbons (Fsp3) is 0.667. The van der Waals surface area contributed by atoms with Crippen LogP contribution in [0.25, 0.3) is 0 Å². The molecular weight excluding hydrogens is 264 g/mol. The molecule has 1 heterocycles. The zero-order valence-corrected chi connectivity index (χ0v) is 13.4. The first-order chi connectivity index (χ1) is 10.3. The van der Waals surface area contributed by atoms with Gasteiger partial charge in [-0.2, -0.15) is 0 Å². The largest absolute Gasteiger partial charge is 0.494 e. The Balaban J connectivity index is 1.50. The summed E-state index contributed by atoms with van der Waals surface area (Å²) >= 11 is 0. The summed E-state index contributed by atoms with van der Waals surface area (Å²) in [4.78, 5) is 0. The number of hydrogen-bond donors (Lipinski definition) is 0. The van der Waals surface area contributed by atoms with Gasteiger partial charge in [0.2, 0.25) is 0 Å². The molecule has 1 aliphatic heterocycles. The van der Waals surface area contributed by atoms with Gasteiger partial charge in [0.1, 0.15) is 5.75 Å². The molecule has 2 rings (SSSR count). The highest BCUT2D eigenvalue weighted by molar-refractivity contribution is 5.27. The summed E-state index contributed by atoms with van der Waals surface area (Å²) in [6, 6.07) is 8.36. The maximum atomic E-state index is 5.78. The third kappa shape index (κ3) is 5.01. The van der Waals surface area contributed by atoms with Crippen LogP contribution in [0.5, 0.6) is 5.75 Å². The summed E-state index contributed by atoms with van der Waals surface area (Å²) in [5.74, 6) is 0.963. The minimum atomic E-state index is 0.303. The molecule has 1 aromatic carbocycles. The van der Waals surface area contributed by atoms with E-state index in [-0.39, 0.29) is 0 Å². The second-order valence-electron chi connectivity index (χ2n) is 5.95. The quantitative estimate of drug-likeness (QED) is 0.613. The molecule has 3 heteroatoms. The molecule has 1 aliphatic rings. The number of benzene rings is 1. The van der Waals surface area contributed by atoms with E-state index in [1.54, 1.807) is 0 Å². The van der Waals surface area contributed by atoms with Crippen molar-refractivity contribution < 1.29 is 14.2 Å². The van der Waals surface area contributed by atoms with E-state index >= 15 is 0 Å². The van der Waals surface area contributed by atoms with Crippen molar-refractivity contribution in [1.29, 1.82) is 0 Å². The molecule has 0 radical (unpaired) electrons. The van der Waals surface area contributed by atoms with Gasteiger partial charge in [-0.25, -0.2) is 0 Å². The lowest BCUT2D eigenvalue weighted by Gasteiger charge is -2.40. The van der Waals surface area contributed by atoms with Crippen LogP contribution in [-0.2, 0) is 15.9 Å². The van der Waals surface area contributed by atoms with Crippen molar-refractivity contribution >= 4 is 0 Å². The Hall–Kier alpha value is -1.06. The minimum Gasteiger partial charge on any atom is -0.494 e. The minimum absolute atomic E-state index is 0.303. The average molecular weight is 292 g/mol. The van der Waals surface area contributed by atoms with Crippen LogP contribution in [0.15, 0.2) is 24.3 Å². The zero-order chi connectivity index (χ0) is 15.0. The molecule has 0 unspecified atom stereocenters. The van der Waals surface area contributed by atoms with E-state index in [4.69, 9.17) is 14.2 Å². The van der Waals surface area contributed by atoms with Gasteiger partial charge < -0.3 is 14.2 Å². The van der Waals surface area contributed by atoms with Gasteiger partial charge in [-0.1, -0.05) is 26.0 Å². The van der Waals surface area contributed by atoms with Crippen LogP contribution in [0.2, 0.25) is 0 Å². The second kappa shape index (κ2) is 8.40. The molecule has 0 saturated carbocycles. The fourth-order valence-electron chi connectivity index (χ4n) is 2.39. The summed E-state index contributed by atoms with van der Waals surface area (Å²) in [6.07, 6.45) is 4.30. The highest BCUT2D eigenvalue weighted by atomic mass is 16.5. The Labute approximate surface area is 128 Å².